The summed E-state index contributed by atoms with van der Waals surface area (Å²) in [5.41, 5.74) is 2.66. The zero-order chi connectivity index (χ0) is 16.2. The number of thiazole rings is 1. The summed E-state index contributed by atoms with van der Waals surface area (Å²) in [6, 6.07) is 14.2. The molecule has 3 aromatic rings. The number of non-ortho nitro benzene ring substituents is 1. The Bertz CT molecular complexity index is 828. The van der Waals surface area contributed by atoms with Crippen molar-refractivity contribution in [2.24, 2.45) is 0 Å². The number of hydrogen-bond acceptors (Lipinski definition) is 5. The van der Waals surface area contributed by atoms with E-state index in [0.717, 1.165) is 27.6 Å². The van der Waals surface area contributed by atoms with E-state index >= 15 is 0 Å². The Labute approximate surface area is 137 Å². The van der Waals surface area contributed by atoms with Crippen molar-refractivity contribution in [1.82, 2.24) is 4.98 Å². The molecule has 0 radical (unpaired) electrons. The van der Waals surface area contributed by atoms with Gasteiger partial charge in [-0.1, -0.05) is 12.1 Å². The molecule has 0 aliphatic heterocycles. The number of aromatic nitrogens is 1. The van der Waals surface area contributed by atoms with Crippen LogP contribution in [0.2, 0.25) is 0 Å². The molecule has 116 valence electrons. The summed E-state index contributed by atoms with van der Waals surface area (Å²) < 4.78 is 5.43. The first-order valence-electron chi connectivity index (χ1n) is 7.11. The summed E-state index contributed by atoms with van der Waals surface area (Å²) in [6.07, 6.45) is 0. The first-order chi connectivity index (χ1) is 11.2. The monoisotopic (exact) mass is 326 g/mol. The van der Waals surface area contributed by atoms with Gasteiger partial charge < -0.3 is 4.74 Å². The van der Waals surface area contributed by atoms with Gasteiger partial charge in [0.1, 0.15) is 10.8 Å². The Balaban J connectivity index is 1.88. The van der Waals surface area contributed by atoms with Gasteiger partial charge in [-0.3, -0.25) is 10.1 Å². The molecule has 0 aliphatic rings. The first-order valence-corrected chi connectivity index (χ1v) is 7.99. The van der Waals surface area contributed by atoms with E-state index in [-0.39, 0.29) is 5.69 Å². The second kappa shape index (κ2) is 6.58. The van der Waals surface area contributed by atoms with Crippen LogP contribution in [0.5, 0.6) is 5.75 Å². The standard InChI is InChI=1S/C17H14N2O3S/c1-2-22-15-8-6-12(7-9-15)16-11-23-17(18-16)13-4-3-5-14(10-13)19(20)21/h3-11H,2H2,1H3. The minimum atomic E-state index is -0.398. The summed E-state index contributed by atoms with van der Waals surface area (Å²) >= 11 is 1.47. The molecule has 2 aromatic carbocycles. The predicted octanol–water partition coefficient (Wildman–Crippen LogP) is 4.78. The molecular formula is C17H14N2O3S. The fourth-order valence-electron chi connectivity index (χ4n) is 2.18. The van der Waals surface area contributed by atoms with Crippen LogP contribution in [-0.4, -0.2) is 16.5 Å². The van der Waals surface area contributed by atoms with Crippen molar-refractivity contribution in [2.45, 2.75) is 6.92 Å². The fourth-order valence-corrected chi connectivity index (χ4v) is 3.01. The Kier molecular flexibility index (Phi) is 4.34. The van der Waals surface area contributed by atoms with E-state index < -0.39 is 4.92 Å². The highest BCUT2D eigenvalue weighted by molar-refractivity contribution is 7.13. The van der Waals surface area contributed by atoms with Crippen LogP contribution in [0.25, 0.3) is 21.8 Å². The largest absolute Gasteiger partial charge is 0.494 e. The first kappa shape index (κ1) is 15.2. The highest BCUT2D eigenvalue weighted by Gasteiger charge is 2.11. The number of rotatable bonds is 5. The Morgan fingerprint density at radius 3 is 2.65 bits per heavy atom. The lowest BCUT2D eigenvalue weighted by molar-refractivity contribution is -0.384. The van der Waals surface area contributed by atoms with Crippen LogP contribution in [0.3, 0.4) is 0 Å². The molecule has 0 saturated carbocycles. The number of nitrogens with zero attached hydrogens (tertiary/aromatic N) is 2. The van der Waals surface area contributed by atoms with Crippen molar-refractivity contribution in [3.05, 3.63) is 64.0 Å². The normalized spacial score (nSPS) is 10.5. The second-order valence-electron chi connectivity index (χ2n) is 4.80. The van der Waals surface area contributed by atoms with Crippen LogP contribution in [0, 0.1) is 10.1 Å². The van der Waals surface area contributed by atoms with Crippen LogP contribution < -0.4 is 4.74 Å². The van der Waals surface area contributed by atoms with Gasteiger partial charge >= 0.3 is 0 Å². The number of hydrogen-bond donors (Lipinski definition) is 0. The molecule has 0 aliphatic carbocycles. The predicted molar refractivity (Wildman–Crippen MR) is 90.8 cm³/mol. The van der Waals surface area contributed by atoms with Crippen molar-refractivity contribution >= 4 is 17.0 Å². The van der Waals surface area contributed by atoms with E-state index in [1.54, 1.807) is 12.1 Å². The smallest absolute Gasteiger partial charge is 0.270 e. The van der Waals surface area contributed by atoms with Gasteiger partial charge in [0, 0.05) is 28.6 Å². The number of nitro groups is 1. The second-order valence-corrected chi connectivity index (χ2v) is 5.66. The lowest BCUT2D eigenvalue weighted by Crippen LogP contribution is -1.90. The van der Waals surface area contributed by atoms with Crippen molar-refractivity contribution in [1.29, 1.82) is 0 Å². The molecule has 0 spiro atoms. The number of ether oxygens (including phenoxy) is 1. The molecular weight excluding hydrogens is 312 g/mol. The zero-order valence-electron chi connectivity index (χ0n) is 12.4. The van der Waals surface area contributed by atoms with Gasteiger partial charge in [-0.25, -0.2) is 4.98 Å². The van der Waals surface area contributed by atoms with Gasteiger partial charge in [-0.2, -0.15) is 0 Å². The Hall–Kier alpha value is -2.73. The third-order valence-electron chi connectivity index (χ3n) is 3.27. The molecule has 0 N–H and O–H groups in total. The Morgan fingerprint density at radius 1 is 1.17 bits per heavy atom. The average molecular weight is 326 g/mol. The fraction of sp³-hybridized carbons (Fsp3) is 0.118. The van der Waals surface area contributed by atoms with Gasteiger partial charge in [0.15, 0.2) is 0 Å². The van der Waals surface area contributed by atoms with Gasteiger partial charge in [0.2, 0.25) is 0 Å². The van der Waals surface area contributed by atoms with Crippen molar-refractivity contribution < 1.29 is 9.66 Å². The van der Waals surface area contributed by atoms with E-state index in [2.05, 4.69) is 4.98 Å². The minimum absolute atomic E-state index is 0.0697. The van der Waals surface area contributed by atoms with E-state index in [0.29, 0.717) is 6.61 Å². The summed E-state index contributed by atoms with van der Waals surface area (Å²) in [5.74, 6) is 0.824. The third-order valence-corrected chi connectivity index (χ3v) is 4.16. The van der Waals surface area contributed by atoms with Gasteiger partial charge in [0.25, 0.3) is 5.69 Å². The molecule has 5 nitrogen and oxygen atoms in total. The van der Waals surface area contributed by atoms with Gasteiger partial charge in [-0.05, 0) is 31.2 Å². The molecule has 0 unspecified atom stereocenters. The topological polar surface area (TPSA) is 65.3 Å². The summed E-state index contributed by atoms with van der Waals surface area (Å²) in [7, 11) is 0. The van der Waals surface area contributed by atoms with Crippen molar-refractivity contribution in [3.8, 4) is 27.6 Å². The molecule has 3 rings (SSSR count). The number of benzene rings is 2. The summed E-state index contributed by atoms with van der Waals surface area (Å²) in [4.78, 5) is 15.1. The molecule has 0 bridgehead atoms. The summed E-state index contributed by atoms with van der Waals surface area (Å²) in [6.45, 7) is 2.58. The van der Waals surface area contributed by atoms with E-state index in [1.165, 1.54) is 17.4 Å². The Morgan fingerprint density at radius 2 is 1.96 bits per heavy atom. The number of nitro benzene ring substituents is 1. The van der Waals surface area contributed by atoms with E-state index in [9.17, 15) is 10.1 Å². The quantitative estimate of drug-likeness (QED) is 0.500. The third kappa shape index (κ3) is 3.37. The molecule has 1 heterocycles. The van der Waals surface area contributed by atoms with Crippen LogP contribution in [0.4, 0.5) is 5.69 Å². The lowest BCUT2D eigenvalue weighted by Gasteiger charge is -2.03. The van der Waals surface area contributed by atoms with Crippen LogP contribution in [0.1, 0.15) is 6.92 Å². The van der Waals surface area contributed by atoms with Crippen LogP contribution >= 0.6 is 11.3 Å². The SMILES string of the molecule is CCOc1ccc(-c2csc(-c3cccc([N+](=O)[O-])c3)n2)cc1. The molecule has 0 fully saturated rings. The molecule has 0 saturated heterocycles. The highest BCUT2D eigenvalue weighted by atomic mass is 32.1. The molecule has 0 amide bonds. The van der Waals surface area contributed by atoms with Crippen LogP contribution in [-0.2, 0) is 0 Å². The van der Waals surface area contributed by atoms with E-state index in [4.69, 9.17) is 4.74 Å². The molecule has 6 heteroatoms. The van der Waals surface area contributed by atoms with Gasteiger partial charge in [-0.15, -0.1) is 11.3 Å². The maximum absolute atomic E-state index is 10.9. The molecule has 0 atom stereocenters. The maximum Gasteiger partial charge on any atom is 0.270 e. The van der Waals surface area contributed by atoms with Gasteiger partial charge in [0.05, 0.1) is 17.2 Å². The van der Waals surface area contributed by atoms with Crippen molar-refractivity contribution in [3.63, 3.8) is 0 Å². The highest BCUT2D eigenvalue weighted by Crippen LogP contribution is 2.31. The lowest BCUT2D eigenvalue weighted by atomic mass is 10.1. The van der Waals surface area contributed by atoms with Crippen LogP contribution in [0.15, 0.2) is 53.9 Å². The molecule has 23 heavy (non-hydrogen) atoms. The zero-order valence-corrected chi connectivity index (χ0v) is 13.2. The van der Waals surface area contributed by atoms with E-state index in [1.807, 2.05) is 42.6 Å². The summed E-state index contributed by atoms with van der Waals surface area (Å²) in [5, 5.41) is 13.6. The minimum Gasteiger partial charge on any atom is -0.494 e. The maximum atomic E-state index is 10.9. The average Bonchev–Trinajstić information content (AvgIpc) is 3.06. The van der Waals surface area contributed by atoms with Crippen molar-refractivity contribution in [2.75, 3.05) is 6.61 Å². The molecule has 1 aromatic heterocycles.